The Labute approximate surface area is 172 Å². The van der Waals surface area contributed by atoms with Crippen molar-refractivity contribution in [1.29, 1.82) is 0 Å². The van der Waals surface area contributed by atoms with E-state index < -0.39 is 0 Å². The molecule has 0 saturated heterocycles. The number of aryl methyl sites for hydroxylation is 2. The van der Waals surface area contributed by atoms with Crippen LogP contribution in [0, 0.1) is 13.8 Å². The van der Waals surface area contributed by atoms with E-state index in [1.54, 1.807) is 0 Å². The van der Waals surface area contributed by atoms with Gasteiger partial charge in [0.05, 0.1) is 13.3 Å². The van der Waals surface area contributed by atoms with Crippen molar-refractivity contribution >= 4 is 11.6 Å². The Hall–Kier alpha value is -2.92. The maximum absolute atomic E-state index is 13.2. The third-order valence-electron chi connectivity index (χ3n) is 5.60. The van der Waals surface area contributed by atoms with Gasteiger partial charge in [0.25, 0.3) is 5.56 Å². The highest BCUT2D eigenvalue weighted by atomic mass is 16.1. The quantitative estimate of drug-likeness (QED) is 0.662. The molecule has 1 aromatic heterocycles. The summed E-state index contributed by atoms with van der Waals surface area (Å²) in [6.45, 7) is 8.22. The molecule has 0 spiro atoms. The van der Waals surface area contributed by atoms with E-state index in [4.69, 9.17) is 4.98 Å². The molecule has 0 amide bonds. The van der Waals surface area contributed by atoms with Gasteiger partial charge in [-0.3, -0.25) is 19.2 Å². The molecule has 0 radical (unpaired) electrons. The highest BCUT2D eigenvalue weighted by Gasteiger charge is 2.27. The monoisotopic (exact) mass is 388 g/mol. The molecule has 0 atom stereocenters. The van der Waals surface area contributed by atoms with E-state index >= 15 is 0 Å². The smallest absolute Gasteiger partial charge is 0.259 e. The molecular weight excluding hydrogens is 360 g/mol. The molecule has 0 fully saturated rings. The van der Waals surface area contributed by atoms with Crippen molar-refractivity contribution < 1.29 is 0 Å². The standard InChI is InChI=1S/C24H28N4O/c1-4-22-19(3)25-24-27(21-12-8-9-18(2)15-21)16-26(17-28(24)23(22)29)14-13-20-10-6-5-7-11-20/h5-12,15H,4,13-14,16-17H2,1-3H3. The van der Waals surface area contributed by atoms with Crippen LogP contribution in [0.4, 0.5) is 11.6 Å². The second kappa shape index (κ2) is 8.21. The molecule has 2 aromatic carbocycles. The van der Waals surface area contributed by atoms with Crippen LogP contribution in [0.2, 0.25) is 0 Å². The SMILES string of the molecule is CCc1c(C)nc2n(c1=O)CN(CCc1ccccc1)CN2c1cccc(C)c1. The first-order valence-electron chi connectivity index (χ1n) is 10.3. The Kier molecular flexibility index (Phi) is 5.49. The maximum atomic E-state index is 13.2. The van der Waals surface area contributed by atoms with Gasteiger partial charge in [-0.2, -0.15) is 0 Å². The minimum absolute atomic E-state index is 0.0806. The van der Waals surface area contributed by atoms with Crippen LogP contribution >= 0.6 is 0 Å². The summed E-state index contributed by atoms with van der Waals surface area (Å²) in [5, 5.41) is 0. The molecule has 0 aliphatic carbocycles. The Bertz CT molecular complexity index is 1060. The number of rotatable bonds is 5. The zero-order valence-electron chi connectivity index (χ0n) is 17.4. The number of hydrogen-bond donors (Lipinski definition) is 0. The van der Waals surface area contributed by atoms with E-state index in [1.807, 2.05) is 24.5 Å². The predicted molar refractivity (Wildman–Crippen MR) is 118 cm³/mol. The van der Waals surface area contributed by atoms with Crippen LogP contribution in [-0.2, 0) is 19.5 Å². The Morgan fingerprint density at radius 2 is 1.79 bits per heavy atom. The molecule has 1 aliphatic heterocycles. The summed E-state index contributed by atoms with van der Waals surface area (Å²) in [5.74, 6) is 0.742. The summed E-state index contributed by atoms with van der Waals surface area (Å²) in [4.78, 5) is 22.5. The van der Waals surface area contributed by atoms with Crippen LogP contribution in [0.15, 0.2) is 59.4 Å². The summed E-state index contributed by atoms with van der Waals surface area (Å²) in [5.41, 5.74) is 5.29. The lowest BCUT2D eigenvalue weighted by molar-refractivity contribution is 0.200. The molecule has 4 rings (SSSR count). The zero-order chi connectivity index (χ0) is 20.4. The first-order chi connectivity index (χ1) is 14.1. The Morgan fingerprint density at radius 1 is 1.00 bits per heavy atom. The topological polar surface area (TPSA) is 41.4 Å². The maximum Gasteiger partial charge on any atom is 0.259 e. The lowest BCUT2D eigenvalue weighted by Crippen LogP contribution is -2.48. The van der Waals surface area contributed by atoms with Crippen molar-refractivity contribution in [3.8, 4) is 0 Å². The van der Waals surface area contributed by atoms with Gasteiger partial charge < -0.3 is 0 Å². The van der Waals surface area contributed by atoms with Crippen LogP contribution < -0.4 is 10.5 Å². The van der Waals surface area contributed by atoms with Crippen LogP contribution in [-0.4, -0.2) is 27.7 Å². The summed E-state index contributed by atoms with van der Waals surface area (Å²) in [7, 11) is 0. The van der Waals surface area contributed by atoms with Crippen LogP contribution in [0.5, 0.6) is 0 Å². The van der Waals surface area contributed by atoms with Gasteiger partial charge in [0, 0.05) is 23.5 Å². The van der Waals surface area contributed by atoms with Crippen molar-refractivity contribution in [3.63, 3.8) is 0 Å². The molecule has 5 heteroatoms. The summed E-state index contributed by atoms with van der Waals surface area (Å²) >= 11 is 0. The van der Waals surface area contributed by atoms with E-state index in [2.05, 4.69) is 65.3 Å². The number of fused-ring (bicyclic) bond motifs is 1. The first-order valence-corrected chi connectivity index (χ1v) is 10.3. The molecule has 0 saturated carbocycles. The van der Waals surface area contributed by atoms with Gasteiger partial charge in [0.2, 0.25) is 5.95 Å². The second-order valence-corrected chi connectivity index (χ2v) is 7.74. The molecule has 3 aromatic rings. The lowest BCUT2D eigenvalue weighted by Gasteiger charge is -2.38. The fourth-order valence-electron chi connectivity index (χ4n) is 4.00. The summed E-state index contributed by atoms with van der Waals surface area (Å²) in [6.07, 6.45) is 1.65. The average molecular weight is 389 g/mol. The number of nitrogens with zero attached hydrogens (tertiary/aromatic N) is 4. The third kappa shape index (κ3) is 3.96. The largest absolute Gasteiger partial charge is 0.298 e. The second-order valence-electron chi connectivity index (χ2n) is 7.74. The van der Waals surface area contributed by atoms with E-state index in [1.165, 1.54) is 11.1 Å². The summed E-state index contributed by atoms with van der Waals surface area (Å²) < 4.78 is 1.84. The summed E-state index contributed by atoms with van der Waals surface area (Å²) in [6, 6.07) is 18.9. The number of hydrogen-bond acceptors (Lipinski definition) is 4. The minimum Gasteiger partial charge on any atom is -0.298 e. The number of aromatic nitrogens is 2. The molecule has 0 unspecified atom stereocenters. The fraction of sp³-hybridized carbons (Fsp3) is 0.333. The van der Waals surface area contributed by atoms with E-state index in [9.17, 15) is 4.79 Å². The minimum atomic E-state index is 0.0806. The van der Waals surface area contributed by atoms with E-state index in [-0.39, 0.29) is 5.56 Å². The molecule has 0 N–H and O–H groups in total. The Balaban J connectivity index is 1.72. The molecular formula is C24H28N4O. The van der Waals surface area contributed by atoms with Crippen LogP contribution in [0.1, 0.15) is 29.3 Å². The molecule has 2 heterocycles. The highest BCUT2D eigenvalue weighted by Crippen LogP contribution is 2.28. The van der Waals surface area contributed by atoms with Gasteiger partial charge >= 0.3 is 0 Å². The van der Waals surface area contributed by atoms with Crippen LogP contribution in [0.25, 0.3) is 0 Å². The van der Waals surface area contributed by atoms with Crippen molar-refractivity contribution in [2.45, 2.75) is 40.3 Å². The molecule has 0 bridgehead atoms. The molecule has 1 aliphatic rings. The Morgan fingerprint density at radius 3 is 2.52 bits per heavy atom. The molecule has 29 heavy (non-hydrogen) atoms. The fourth-order valence-corrected chi connectivity index (χ4v) is 4.00. The molecule has 150 valence electrons. The van der Waals surface area contributed by atoms with Crippen molar-refractivity contribution in [1.82, 2.24) is 14.5 Å². The van der Waals surface area contributed by atoms with E-state index in [0.717, 1.165) is 35.9 Å². The van der Waals surface area contributed by atoms with Gasteiger partial charge in [-0.1, -0.05) is 49.4 Å². The van der Waals surface area contributed by atoms with Gasteiger partial charge in [-0.15, -0.1) is 0 Å². The number of benzene rings is 2. The highest BCUT2D eigenvalue weighted by molar-refractivity contribution is 5.59. The molecule has 5 nitrogen and oxygen atoms in total. The van der Waals surface area contributed by atoms with Gasteiger partial charge in [-0.05, 0) is 49.9 Å². The van der Waals surface area contributed by atoms with Gasteiger partial charge in [0.15, 0.2) is 0 Å². The zero-order valence-corrected chi connectivity index (χ0v) is 17.4. The third-order valence-corrected chi connectivity index (χ3v) is 5.60. The van der Waals surface area contributed by atoms with E-state index in [0.29, 0.717) is 19.8 Å². The van der Waals surface area contributed by atoms with Crippen molar-refractivity contribution in [2.75, 3.05) is 18.1 Å². The van der Waals surface area contributed by atoms with Crippen LogP contribution in [0.3, 0.4) is 0 Å². The van der Waals surface area contributed by atoms with Gasteiger partial charge in [-0.25, -0.2) is 4.98 Å². The lowest BCUT2D eigenvalue weighted by atomic mass is 10.1. The number of anilines is 2. The van der Waals surface area contributed by atoms with Crippen molar-refractivity contribution in [2.24, 2.45) is 0 Å². The normalized spacial score (nSPS) is 14.1. The average Bonchev–Trinajstić information content (AvgIpc) is 2.73. The predicted octanol–water partition coefficient (Wildman–Crippen LogP) is 4.03. The van der Waals surface area contributed by atoms with Gasteiger partial charge in [0.1, 0.15) is 0 Å². The van der Waals surface area contributed by atoms with Crippen molar-refractivity contribution in [3.05, 3.63) is 87.3 Å². The first kappa shape index (κ1) is 19.4.